The second kappa shape index (κ2) is 1.51. The van der Waals surface area contributed by atoms with E-state index in [0.717, 1.165) is 6.42 Å². The second-order valence-electron chi connectivity index (χ2n) is 1.19. The Labute approximate surface area is 42.0 Å². The molecule has 0 saturated carbocycles. The fraction of sp³-hybridized carbons (Fsp3) is 0.667. The molecule has 1 atom stereocenters. The third-order valence-corrected chi connectivity index (χ3v) is 0.970. The molecule has 0 amide bonds. The monoisotopic (exact) mass is 102 g/mol. The minimum Gasteiger partial charge on any atom is -0.297 e. The van der Waals surface area contributed by atoms with Crippen LogP contribution in [0.1, 0.15) is 6.42 Å². The lowest BCUT2D eigenvalue weighted by molar-refractivity contribution is 0.767. The van der Waals surface area contributed by atoms with Crippen LogP contribution in [-0.2, 0) is 0 Å². The van der Waals surface area contributed by atoms with Gasteiger partial charge in [0.05, 0.1) is 5.37 Å². The van der Waals surface area contributed by atoms with E-state index in [1.807, 2.05) is 6.21 Å². The maximum absolute atomic E-state index is 4.06. The van der Waals surface area contributed by atoms with Gasteiger partial charge in [-0.05, 0) is 0 Å². The predicted octanol–water partition coefficient (Wildman–Crippen LogP) is 0.221. The first kappa shape index (κ1) is 3.99. The number of nitrogens with one attached hydrogen (secondary N) is 1. The highest BCUT2D eigenvalue weighted by molar-refractivity contribution is 7.80. The zero-order valence-electron chi connectivity index (χ0n) is 3.26. The number of hydrogen-bond donors (Lipinski definition) is 2. The lowest BCUT2D eigenvalue weighted by atomic mass is 10.5. The van der Waals surface area contributed by atoms with E-state index in [2.05, 4.69) is 23.2 Å². The molecule has 0 spiro atoms. The van der Waals surface area contributed by atoms with Crippen LogP contribution in [-0.4, -0.2) is 11.6 Å². The van der Waals surface area contributed by atoms with E-state index in [1.165, 1.54) is 0 Å². The van der Waals surface area contributed by atoms with Crippen molar-refractivity contribution in [3.63, 3.8) is 0 Å². The van der Waals surface area contributed by atoms with Crippen LogP contribution < -0.4 is 5.43 Å². The SMILES string of the molecule is SC1CC=NN1. The number of hydrogen-bond acceptors (Lipinski definition) is 3. The molecule has 0 aromatic heterocycles. The Bertz CT molecular complexity index is 63.2. The molecule has 0 aromatic rings. The van der Waals surface area contributed by atoms with Gasteiger partial charge in [-0.1, -0.05) is 0 Å². The number of nitrogens with zero attached hydrogens (tertiary/aromatic N) is 1. The Hall–Kier alpha value is -0.180. The summed E-state index contributed by atoms with van der Waals surface area (Å²) in [6, 6.07) is 0. The normalized spacial score (nSPS) is 30.5. The zero-order valence-corrected chi connectivity index (χ0v) is 4.15. The average Bonchev–Trinajstić information content (AvgIpc) is 1.86. The maximum Gasteiger partial charge on any atom is 0.0913 e. The summed E-state index contributed by atoms with van der Waals surface area (Å²) in [6.07, 6.45) is 2.76. The van der Waals surface area contributed by atoms with E-state index in [1.54, 1.807) is 0 Å². The van der Waals surface area contributed by atoms with Crippen LogP contribution in [0.5, 0.6) is 0 Å². The van der Waals surface area contributed by atoms with Gasteiger partial charge in [0, 0.05) is 12.6 Å². The molecule has 0 aliphatic carbocycles. The van der Waals surface area contributed by atoms with Crippen molar-refractivity contribution < 1.29 is 0 Å². The largest absolute Gasteiger partial charge is 0.297 e. The van der Waals surface area contributed by atoms with Gasteiger partial charge >= 0.3 is 0 Å². The van der Waals surface area contributed by atoms with E-state index < -0.39 is 0 Å². The van der Waals surface area contributed by atoms with Gasteiger partial charge in [0.2, 0.25) is 0 Å². The van der Waals surface area contributed by atoms with Gasteiger partial charge in [0.15, 0.2) is 0 Å². The van der Waals surface area contributed by atoms with Crippen molar-refractivity contribution in [1.29, 1.82) is 0 Å². The highest BCUT2D eigenvalue weighted by atomic mass is 32.1. The van der Waals surface area contributed by atoms with Crippen molar-refractivity contribution in [2.24, 2.45) is 5.10 Å². The Morgan fingerprint density at radius 3 is 3.00 bits per heavy atom. The summed E-state index contributed by atoms with van der Waals surface area (Å²) >= 11 is 4.06. The summed E-state index contributed by atoms with van der Waals surface area (Å²) in [5.74, 6) is 0. The lowest BCUT2D eigenvalue weighted by Crippen LogP contribution is -2.09. The predicted molar refractivity (Wildman–Crippen MR) is 29.0 cm³/mol. The number of thiol groups is 1. The number of hydrazone groups is 1. The van der Waals surface area contributed by atoms with E-state index in [0.29, 0.717) is 0 Å². The van der Waals surface area contributed by atoms with Gasteiger partial charge in [-0.2, -0.15) is 17.7 Å². The van der Waals surface area contributed by atoms with Gasteiger partial charge in [-0.25, -0.2) is 0 Å². The highest BCUT2D eigenvalue weighted by Gasteiger charge is 2.00. The summed E-state index contributed by atoms with van der Waals surface area (Å²) < 4.78 is 0. The molecule has 6 heavy (non-hydrogen) atoms. The van der Waals surface area contributed by atoms with Crippen LogP contribution in [0.4, 0.5) is 0 Å². The first-order valence-corrected chi connectivity index (χ1v) is 2.36. The lowest BCUT2D eigenvalue weighted by Gasteiger charge is -1.94. The quantitative estimate of drug-likeness (QED) is 0.420. The molecule has 34 valence electrons. The third kappa shape index (κ3) is 0.653. The molecular weight excluding hydrogens is 96.1 g/mol. The van der Waals surface area contributed by atoms with E-state index in [-0.39, 0.29) is 5.37 Å². The van der Waals surface area contributed by atoms with E-state index in [9.17, 15) is 0 Å². The zero-order chi connectivity index (χ0) is 4.41. The third-order valence-electron chi connectivity index (χ3n) is 0.644. The van der Waals surface area contributed by atoms with E-state index in [4.69, 9.17) is 0 Å². The summed E-state index contributed by atoms with van der Waals surface area (Å²) in [6.45, 7) is 0. The fourth-order valence-corrected chi connectivity index (χ4v) is 0.505. The summed E-state index contributed by atoms with van der Waals surface area (Å²) in [5.41, 5.74) is 2.75. The van der Waals surface area contributed by atoms with Crippen LogP contribution >= 0.6 is 12.6 Å². The topological polar surface area (TPSA) is 24.4 Å². The first-order chi connectivity index (χ1) is 2.89. The van der Waals surface area contributed by atoms with Crippen molar-refractivity contribution >= 4 is 18.8 Å². The molecule has 1 unspecified atom stereocenters. The molecule has 3 heteroatoms. The van der Waals surface area contributed by atoms with Crippen molar-refractivity contribution in [2.75, 3.05) is 0 Å². The fourth-order valence-electron chi connectivity index (χ4n) is 0.344. The van der Waals surface area contributed by atoms with Gasteiger partial charge < -0.3 is 0 Å². The van der Waals surface area contributed by atoms with Gasteiger partial charge in [0.1, 0.15) is 0 Å². The average molecular weight is 102 g/mol. The van der Waals surface area contributed by atoms with Gasteiger partial charge in [-0.15, -0.1) is 0 Å². The number of rotatable bonds is 0. The minimum atomic E-state index is 0.269. The van der Waals surface area contributed by atoms with E-state index >= 15 is 0 Å². The van der Waals surface area contributed by atoms with Crippen molar-refractivity contribution in [3.8, 4) is 0 Å². The van der Waals surface area contributed by atoms with Crippen LogP contribution in [0.15, 0.2) is 5.10 Å². The highest BCUT2D eigenvalue weighted by Crippen LogP contribution is 1.97. The van der Waals surface area contributed by atoms with Crippen molar-refractivity contribution in [3.05, 3.63) is 0 Å². The minimum absolute atomic E-state index is 0.269. The molecule has 1 aliphatic rings. The molecule has 0 aromatic carbocycles. The molecule has 0 radical (unpaired) electrons. The molecule has 1 heterocycles. The van der Waals surface area contributed by atoms with Crippen LogP contribution in [0.2, 0.25) is 0 Å². The molecule has 1 aliphatic heterocycles. The first-order valence-electron chi connectivity index (χ1n) is 1.85. The molecule has 2 nitrogen and oxygen atoms in total. The molecule has 1 rings (SSSR count). The molecule has 0 saturated heterocycles. The van der Waals surface area contributed by atoms with Crippen LogP contribution in [0, 0.1) is 0 Å². The molecule has 1 N–H and O–H groups in total. The smallest absolute Gasteiger partial charge is 0.0913 e. The maximum atomic E-state index is 4.06. The Balaban J connectivity index is 2.32. The molecular formula is C3H6N2S. The Kier molecular flexibility index (Phi) is 1.01. The van der Waals surface area contributed by atoms with Crippen molar-refractivity contribution in [1.82, 2.24) is 5.43 Å². The summed E-state index contributed by atoms with van der Waals surface area (Å²) in [7, 11) is 0. The van der Waals surface area contributed by atoms with Crippen LogP contribution in [0.25, 0.3) is 0 Å². The van der Waals surface area contributed by atoms with Gasteiger partial charge in [0.25, 0.3) is 0 Å². The standard InChI is InChI=1S/C3H6N2S/c6-3-1-2-4-5-3/h2-3,5-6H,1H2. The van der Waals surface area contributed by atoms with Gasteiger partial charge in [-0.3, -0.25) is 5.43 Å². The Morgan fingerprint density at radius 2 is 2.83 bits per heavy atom. The summed E-state index contributed by atoms with van der Waals surface area (Å²) in [5, 5.41) is 3.98. The van der Waals surface area contributed by atoms with Crippen molar-refractivity contribution in [2.45, 2.75) is 11.8 Å². The molecule has 0 bridgehead atoms. The second-order valence-corrected chi connectivity index (χ2v) is 1.82. The molecule has 0 fully saturated rings. The summed E-state index contributed by atoms with van der Waals surface area (Å²) in [4.78, 5) is 0. The Morgan fingerprint density at radius 1 is 2.00 bits per heavy atom. The van der Waals surface area contributed by atoms with Crippen LogP contribution in [0.3, 0.4) is 0 Å².